The molecule has 0 saturated carbocycles. The highest BCUT2D eigenvalue weighted by atomic mass is 79.9. The second-order valence-corrected chi connectivity index (χ2v) is 4.93. The quantitative estimate of drug-likeness (QED) is 0.781. The van der Waals surface area contributed by atoms with E-state index in [-0.39, 0.29) is 15.2 Å². The molecule has 2 rings (SSSR count). The van der Waals surface area contributed by atoms with Crippen molar-refractivity contribution in [2.75, 3.05) is 11.1 Å². The predicted molar refractivity (Wildman–Crippen MR) is 73.2 cm³/mol. The summed E-state index contributed by atoms with van der Waals surface area (Å²) in [6.45, 7) is 0. The molecular weight excluding hydrogens is 325 g/mol. The summed E-state index contributed by atoms with van der Waals surface area (Å²) in [6.07, 6.45) is 0. The van der Waals surface area contributed by atoms with Crippen LogP contribution in [0.4, 0.5) is 25.8 Å². The number of hydrogen-bond donors (Lipinski definition) is 2. The first-order valence-corrected chi connectivity index (χ1v) is 6.10. The van der Waals surface area contributed by atoms with E-state index in [0.29, 0.717) is 11.4 Å². The summed E-state index contributed by atoms with van der Waals surface area (Å²) in [4.78, 5) is 0. The number of anilines is 3. The second kappa shape index (κ2) is 5.12. The highest BCUT2D eigenvalue weighted by molar-refractivity contribution is 9.10. The van der Waals surface area contributed by atoms with Crippen molar-refractivity contribution >= 4 is 44.6 Å². The van der Waals surface area contributed by atoms with E-state index in [1.165, 1.54) is 24.3 Å². The van der Waals surface area contributed by atoms with Gasteiger partial charge >= 0.3 is 0 Å². The Balaban J connectivity index is 2.36. The van der Waals surface area contributed by atoms with Crippen molar-refractivity contribution in [2.45, 2.75) is 0 Å². The van der Waals surface area contributed by atoms with Gasteiger partial charge in [0.2, 0.25) is 0 Å². The molecule has 0 aliphatic heterocycles. The number of hydrogen-bond acceptors (Lipinski definition) is 2. The number of nitrogens with two attached hydrogens (primary N) is 1. The minimum absolute atomic E-state index is 0.219. The van der Waals surface area contributed by atoms with Crippen LogP contribution in [0.3, 0.4) is 0 Å². The van der Waals surface area contributed by atoms with E-state index in [1.54, 1.807) is 6.07 Å². The van der Waals surface area contributed by atoms with Crippen molar-refractivity contribution in [1.29, 1.82) is 0 Å². The standard InChI is InChI=1S/C12H8BrClF2N2/c13-9-4-12(11(17)5-10(9)16)18-8-2-6(14)1-7(15)3-8/h1-5,18H,17H2. The molecule has 0 unspecified atom stereocenters. The van der Waals surface area contributed by atoms with Crippen molar-refractivity contribution in [3.8, 4) is 0 Å². The van der Waals surface area contributed by atoms with Crippen LogP contribution in [0.25, 0.3) is 0 Å². The minimum atomic E-state index is -0.468. The summed E-state index contributed by atoms with van der Waals surface area (Å²) < 4.78 is 26.6. The summed E-state index contributed by atoms with van der Waals surface area (Å²) in [5.74, 6) is -0.930. The molecule has 3 N–H and O–H groups in total. The third-order valence-corrected chi connectivity index (χ3v) is 3.06. The van der Waals surface area contributed by atoms with Gasteiger partial charge < -0.3 is 11.1 Å². The van der Waals surface area contributed by atoms with Gasteiger partial charge in [0.05, 0.1) is 15.8 Å². The zero-order valence-corrected chi connectivity index (χ0v) is 11.3. The van der Waals surface area contributed by atoms with Crippen molar-refractivity contribution in [3.05, 3.63) is 51.5 Å². The maximum absolute atomic E-state index is 13.2. The summed E-state index contributed by atoms with van der Waals surface area (Å²) in [6, 6.07) is 6.65. The molecule has 0 bridgehead atoms. The lowest BCUT2D eigenvalue weighted by Crippen LogP contribution is -1.98. The molecule has 2 aromatic carbocycles. The molecule has 0 aliphatic carbocycles. The molecule has 0 aromatic heterocycles. The Hall–Kier alpha value is -1.33. The molecule has 0 amide bonds. The van der Waals surface area contributed by atoms with Crippen LogP contribution >= 0.6 is 27.5 Å². The van der Waals surface area contributed by atoms with Crippen LogP contribution in [0.15, 0.2) is 34.8 Å². The van der Waals surface area contributed by atoms with Crippen LogP contribution in [0.5, 0.6) is 0 Å². The lowest BCUT2D eigenvalue weighted by Gasteiger charge is -2.11. The maximum atomic E-state index is 13.2. The van der Waals surface area contributed by atoms with E-state index >= 15 is 0 Å². The van der Waals surface area contributed by atoms with Crippen LogP contribution in [0, 0.1) is 11.6 Å². The number of rotatable bonds is 2. The summed E-state index contributed by atoms with van der Waals surface area (Å²) in [7, 11) is 0. The first-order valence-electron chi connectivity index (χ1n) is 4.93. The van der Waals surface area contributed by atoms with Crippen molar-refractivity contribution in [2.24, 2.45) is 0 Å². The number of nitrogens with one attached hydrogen (secondary N) is 1. The van der Waals surface area contributed by atoms with Crippen LogP contribution in [0.1, 0.15) is 0 Å². The van der Waals surface area contributed by atoms with E-state index in [0.717, 1.165) is 0 Å². The fourth-order valence-electron chi connectivity index (χ4n) is 1.45. The topological polar surface area (TPSA) is 38.0 Å². The van der Waals surface area contributed by atoms with Gasteiger partial charge in [-0.05, 0) is 40.2 Å². The van der Waals surface area contributed by atoms with Gasteiger partial charge in [0.25, 0.3) is 0 Å². The van der Waals surface area contributed by atoms with E-state index in [9.17, 15) is 8.78 Å². The molecule has 0 saturated heterocycles. The molecule has 0 heterocycles. The first-order chi connectivity index (χ1) is 8.45. The highest BCUT2D eigenvalue weighted by Crippen LogP contribution is 2.30. The van der Waals surface area contributed by atoms with Crippen molar-refractivity contribution in [3.63, 3.8) is 0 Å². The van der Waals surface area contributed by atoms with Gasteiger partial charge in [0, 0.05) is 16.8 Å². The van der Waals surface area contributed by atoms with Gasteiger partial charge in [-0.1, -0.05) is 11.6 Å². The van der Waals surface area contributed by atoms with Crippen LogP contribution in [-0.4, -0.2) is 0 Å². The monoisotopic (exact) mass is 332 g/mol. The van der Waals surface area contributed by atoms with E-state index in [2.05, 4.69) is 21.2 Å². The lowest BCUT2D eigenvalue weighted by atomic mass is 10.2. The lowest BCUT2D eigenvalue weighted by molar-refractivity contribution is 0.622. The van der Waals surface area contributed by atoms with Crippen LogP contribution in [-0.2, 0) is 0 Å². The molecule has 2 aromatic rings. The molecule has 2 nitrogen and oxygen atoms in total. The van der Waals surface area contributed by atoms with Gasteiger partial charge in [-0.15, -0.1) is 0 Å². The molecule has 0 aliphatic rings. The van der Waals surface area contributed by atoms with Gasteiger partial charge in [0.15, 0.2) is 0 Å². The van der Waals surface area contributed by atoms with Crippen LogP contribution < -0.4 is 11.1 Å². The molecule has 94 valence electrons. The van der Waals surface area contributed by atoms with E-state index < -0.39 is 11.6 Å². The molecular formula is C12H8BrClF2N2. The predicted octanol–water partition coefficient (Wildman–Crippen LogP) is 4.71. The summed E-state index contributed by atoms with van der Waals surface area (Å²) in [5.41, 5.74) is 6.78. The number of benzene rings is 2. The third kappa shape index (κ3) is 2.91. The average molecular weight is 334 g/mol. The maximum Gasteiger partial charge on any atom is 0.139 e. The van der Waals surface area contributed by atoms with Gasteiger partial charge in [-0.3, -0.25) is 0 Å². The Morgan fingerprint density at radius 3 is 2.50 bits per heavy atom. The molecule has 0 fully saturated rings. The minimum Gasteiger partial charge on any atom is -0.397 e. The second-order valence-electron chi connectivity index (χ2n) is 3.64. The Kier molecular flexibility index (Phi) is 3.73. The zero-order chi connectivity index (χ0) is 13.3. The van der Waals surface area contributed by atoms with E-state index in [1.807, 2.05) is 0 Å². The van der Waals surface area contributed by atoms with E-state index in [4.69, 9.17) is 17.3 Å². The van der Waals surface area contributed by atoms with Crippen molar-refractivity contribution in [1.82, 2.24) is 0 Å². The third-order valence-electron chi connectivity index (χ3n) is 2.23. The smallest absolute Gasteiger partial charge is 0.139 e. The normalized spacial score (nSPS) is 10.4. The SMILES string of the molecule is Nc1cc(F)c(Br)cc1Nc1cc(F)cc(Cl)c1. The first kappa shape index (κ1) is 13.1. The Labute approximate surface area is 116 Å². The summed E-state index contributed by atoms with van der Waals surface area (Å²) in [5, 5.41) is 3.14. The molecule has 18 heavy (non-hydrogen) atoms. The summed E-state index contributed by atoms with van der Waals surface area (Å²) >= 11 is 8.78. The Bertz CT molecular complexity index is 585. The van der Waals surface area contributed by atoms with Gasteiger partial charge in [0.1, 0.15) is 11.6 Å². The van der Waals surface area contributed by atoms with Crippen molar-refractivity contribution < 1.29 is 8.78 Å². The average Bonchev–Trinajstić information content (AvgIpc) is 2.24. The molecule has 0 spiro atoms. The Morgan fingerprint density at radius 2 is 1.83 bits per heavy atom. The zero-order valence-electron chi connectivity index (χ0n) is 8.98. The van der Waals surface area contributed by atoms with Gasteiger partial charge in [-0.25, -0.2) is 8.78 Å². The Morgan fingerprint density at radius 1 is 1.11 bits per heavy atom. The number of nitrogen functional groups attached to an aromatic ring is 1. The number of halogens is 4. The van der Waals surface area contributed by atoms with Crippen LogP contribution in [0.2, 0.25) is 5.02 Å². The van der Waals surface area contributed by atoms with Gasteiger partial charge in [-0.2, -0.15) is 0 Å². The fraction of sp³-hybridized carbons (Fsp3) is 0. The highest BCUT2D eigenvalue weighted by Gasteiger charge is 2.07. The largest absolute Gasteiger partial charge is 0.397 e. The molecule has 0 radical (unpaired) electrons. The molecule has 6 heteroatoms. The molecule has 0 atom stereocenters. The fourth-order valence-corrected chi connectivity index (χ4v) is 2.02.